The largest absolute Gasteiger partial charge is 0.490 e. The molecule has 0 aromatic heterocycles. The number of carbonyl (C=O) groups excluding carboxylic acids is 1. The van der Waals surface area contributed by atoms with Crippen molar-refractivity contribution in [3.05, 3.63) is 41.5 Å². The van der Waals surface area contributed by atoms with E-state index in [0.717, 1.165) is 12.8 Å². The van der Waals surface area contributed by atoms with Crippen molar-refractivity contribution in [3.8, 4) is 5.75 Å². The summed E-state index contributed by atoms with van der Waals surface area (Å²) in [6.45, 7) is 5.33. The van der Waals surface area contributed by atoms with Gasteiger partial charge in [-0.3, -0.25) is 9.59 Å². The third-order valence-corrected chi connectivity index (χ3v) is 5.41. The maximum absolute atomic E-state index is 12.8. The number of ether oxygens (including phenoxy) is 1. The van der Waals surface area contributed by atoms with Crippen molar-refractivity contribution in [2.24, 2.45) is 11.3 Å². The second kappa shape index (κ2) is 6.90. The lowest BCUT2D eigenvalue weighted by atomic mass is 9.81. The van der Waals surface area contributed by atoms with Crippen molar-refractivity contribution >= 4 is 11.9 Å². The SMILES string of the molecule is CC(C)=CCOc1cccc(C(=O)N2C[C@@H]3CCC[C@@]3(C(=O)O)C2)c1. The Morgan fingerprint density at radius 3 is 2.88 bits per heavy atom. The fraction of sp³-hybridized carbons (Fsp3) is 0.500. The zero-order valence-corrected chi connectivity index (χ0v) is 14.8. The summed E-state index contributed by atoms with van der Waals surface area (Å²) in [5.74, 6) is -0.145. The molecule has 1 N–H and O–H groups in total. The summed E-state index contributed by atoms with van der Waals surface area (Å²) < 4.78 is 5.66. The monoisotopic (exact) mass is 343 g/mol. The number of rotatable bonds is 5. The highest BCUT2D eigenvalue weighted by Gasteiger charge is 2.55. The number of carboxylic acids is 1. The lowest BCUT2D eigenvalue weighted by Gasteiger charge is -2.23. The van der Waals surface area contributed by atoms with E-state index in [-0.39, 0.29) is 11.8 Å². The Kier molecular flexibility index (Phi) is 4.84. The van der Waals surface area contributed by atoms with E-state index in [4.69, 9.17) is 4.74 Å². The molecular formula is C20H25NO4. The summed E-state index contributed by atoms with van der Waals surface area (Å²) in [4.78, 5) is 26.3. The number of fused-ring (bicyclic) bond motifs is 1. The molecule has 3 rings (SSSR count). The van der Waals surface area contributed by atoms with Crippen molar-refractivity contribution in [3.63, 3.8) is 0 Å². The first-order valence-electron chi connectivity index (χ1n) is 8.81. The van der Waals surface area contributed by atoms with Gasteiger partial charge in [0.2, 0.25) is 0 Å². The number of nitrogens with zero attached hydrogens (tertiary/aromatic N) is 1. The zero-order valence-electron chi connectivity index (χ0n) is 14.8. The van der Waals surface area contributed by atoms with Gasteiger partial charge in [-0.25, -0.2) is 0 Å². The molecule has 1 saturated heterocycles. The first-order valence-corrected chi connectivity index (χ1v) is 8.81. The molecule has 0 spiro atoms. The van der Waals surface area contributed by atoms with Crippen molar-refractivity contribution in [1.29, 1.82) is 0 Å². The molecule has 1 aliphatic carbocycles. The standard InChI is InChI=1S/C20H25NO4/c1-14(2)8-10-25-17-7-3-5-15(11-17)18(22)21-12-16-6-4-9-20(16,13-21)19(23)24/h3,5,7-8,11,16H,4,6,9-10,12-13H2,1-2H3,(H,23,24)/t16-,20+/m0/s1. The summed E-state index contributed by atoms with van der Waals surface area (Å²) >= 11 is 0. The van der Waals surface area contributed by atoms with Gasteiger partial charge in [-0.2, -0.15) is 0 Å². The first kappa shape index (κ1) is 17.5. The van der Waals surface area contributed by atoms with Crippen LogP contribution >= 0.6 is 0 Å². The molecule has 2 fully saturated rings. The number of hydrogen-bond acceptors (Lipinski definition) is 3. The van der Waals surface area contributed by atoms with Crippen LogP contribution in [-0.4, -0.2) is 41.6 Å². The molecule has 2 aliphatic rings. The molecule has 0 unspecified atom stereocenters. The number of benzene rings is 1. The van der Waals surface area contributed by atoms with Gasteiger partial charge in [0, 0.05) is 18.7 Å². The number of amides is 1. The Bertz CT molecular complexity index is 707. The maximum Gasteiger partial charge on any atom is 0.311 e. The van der Waals surface area contributed by atoms with Gasteiger partial charge in [0.25, 0.3) is 5.91 Å². The van der Waals surface area contributed by atoms with Crippen LogP contribution in [0.1, 0.15) is 43.5 Å². The van der Waals surface area contributed by atoms with Gasteiger partial charge in [-0.05, 0) is 56.9 Å². The van der Waals surface area contributed by atoms with Crippen molar-refractivity contribution < 1.29 is 19.4 Å². The summed E-state index contributed by atoms with van der Waals surface area (Å²) in [5, 5.41) is 9.67. The van der Waals surface area contributed by atoms with Gasteiger partial charge in [0.1, 0.15) is 12.4 Å². The van der Waals surface area contributed by atoms with Gasteiger partial charge in [-0.1, -0.05) is 18.1 Å². The fourth-order valence-corrected chi connectivity index (χ4v) is 4.00. The molecule has 1 aliphatic heterocycles. The number of likely N-dealkylation sites (tertiary alicyclic amines) is 1. The molecular weight excluding hydrogens is 318 g/mol. The average Bonchev–Trinajstić information content (AvgIpc) is 3.12. The average molecular weight is 343 g/mol. The van der Waals surface area contributed by atoms with E-state index in [1.54, 1.807) is 23.1 Å². The normalized spacial score (nSPS) is 24.7. The van der Waals surface area contributed by atoms with Gasteiger partial charge in [0.05, 0.1) is 5.41 Å². The molecule has 2 atom stereocenters. The van der Waals surface area contributed by atoms with Gasteiger partial charge >= 0.3 is 5.97 Å². The summed E-state index contributed by atoms with van der Waals surface area (Å²) in [6, 6.07) is 7.13. The zero-order chi connectivity index (χ0) is 18.0. The maximum atomic E-state index is 12.8. The van der Waals surface area contributed by atoms with E-state index < -0.39 is 11.4 Å². The number of hydrogen-bond donors (Lipinski definition) is 1. The molecule has 1 heterocycles. The number of carbonyl (C=O) groups is 2. The minimum atomic E-state index is -0.760. The topological polar surface area (TPSA) is 66.8 Å². The Balaban J connectivity index is 1.72. The minimum Gasteiger partial charge on any atom is -0.490 e. The summed E-state index contributed by atoms with van der Waals surface area (Å²) in [7, 11) is 0. The number of allylic oxidation sites excluding steroid dienone is 1. The van der Waals surface area contributed by atoms with Crippen molar-refractivity contribution in [2.75, 3.05) is 19.7 Å². The lowest BCUT2D eigenvalue weighted by Crippen LogP contribution is -2.37. The third-order valence-electron chi connectivity index (χ3n) is 5.41. The summed E-state index contributed by atoms with van der Waals surface area (Å²) in [6.07, 6.45) is 4.48. The van der Waals surface area contributed by atoms with E-state index in [9.17, 15) is 14.7 Å². The highest BCUT2D eigenvalue weighted by atomic mass is 16.5. The molecule has 1 aromatic carbocycles. The van der Waals surface area contributed by atoms with Gasteiger partial charge in [0.15, 0.2) is 0 Å². The van der Waals surface area contributed by atoms with Crippen LogP contribution in [0, 0.1) is 11.3 Å². The van der Waals surface area contributed by atoms with E-state index in [0.29, 0.717) is 37.4 Å². The predicted octanol–water partition coefficient (Wildman–Crippen LogP) is 3.36. The van der Waals surface area contributed by atoms with Gasteiger partial charge < -0.3 is 14.7 Å². The highest BCUT2D eigenvalue weighted by Crippen LogP contribution is 2.49. The fourth-order valence-electron chi connectivity index (χ4n) is 4.00. The van der Waals surface area contributed by atoms with Crippen LogP contribution in [0.15, 0.2) is 35.9 Å². The van der Waals surface area contributed by atoms with E-state index >= 15 is 0 Å². The Morgan fingerprint density at radius 2 is 2.20 bits per heavy atom. The number of aliphatic carboxylic acids is 1. The second-order valence-electron chi connectivity index (χ2n) is 7.36. The van der Waals surface area contributed by atoms with Crippen molar-refractivity contribution in [2.45, 2.75) is 33.1 Å². The van der Waals surface area contributed by atoms with Crippen LogP contribution < -0.4 is 4.74 Å². The Morgan fingerprint density at radius 1 is 1.40 bits per heavy atom. The predicted molar refractivity (Wildman–Crippen MR) is 94.7 cm³/mol. The molecule has 0 radical (unpaired) electrons. The molecule has 5 nitrogen and oxygen atoms in total. The van der Waals surface area contributed by atoms with Crippen molar-refractivity contribution in [1.82, 2.24) is 4.90 Å². The molecule has 25 heavy (non-hydrogen) atoms. The molecule has 134 valence electrons. The molecule has 1 aromatic rings. The van der Waals surface area contributed by atoms with E-state index in [1.165, 1.54) is 5.57 Å². The quantitative estimate of drug-likeness (QED) is 0.833. The third kappa shape index (κ3) is 3.41. The minimum absolute atomic E-state index is 0.0750. The van der Waals surface area contributed by atoms with Crippen LogP contribution in [0.25, 0.3) is 0 Å². The van der Waals surface area contributed by atoms with Gasteiger partial charge in [-0.15, -0.1) is 0 Å². The summed E-state index contributed by atoms with van der Waals surface area (Å²) in [5.41, 5.74) is 0.984. The van der Waals surface area contributed by atoms with Crippen LogP contribution in [0.3, 0.4) is 0 Å². The Hall–Kier alpha value is -2.30. The second-order valence-corrected chi connectivity index (χ2v) is 7.36. The van der Waals surface area contributed by atoms with Crippen LogP contribution in [0.4, 0.5) is 0 Å². The highest BCUT2D eigenvalue weighted by molar-refractivity contribution is 5.95. The van der Waals surface area contributed by atoms with Crippen LogP contribution in [0.2, 0.25) is 0 Å². The van der Waals surface area contributed by atoms with E-state index in [2.05, 4.69) is 0 Å². The molecule has 5 heteroatoms. The smallest absolute Gasteiger partial charge is 0.311 e. The lowest BCUT2D eigenvalue weighted by molar-refractivity contribution is -0.149. The molecule has 1 amide bonds. The van der Waals surface area contributed by atoms with Crippen LogP contribution in [0.5, 0.6) is 5.75 Å². The van der Waals surface area contributed by atoms with E-state index in [1.807, 2.05) is 26.0 Å². The Labute approximate surface area is 148 Å². The molecule has 0 bridgehead atoms. The van der Waals surface area contributed by atoms with Crippen LogP contribution in [-0.2, 0) is 4.79 Å². The first-order chi connectivity index (χ1) is 11.9. The molecule has 1 saturated carbocycles. The number of carboxylic acid groups (broad SMARTS) is 1.